The van der Waals surface area contributed by atoms with Gasteiger partial charge in [-0.3, -0.25) is 0 Å². The molecule has 0 amide bonds. The Hall–Kier alpha value is -2.80. The summed E-state index contributed by atoms with van der Waals surface area (Å²) in [6.45, 7) is 0. The third kappa shape index (κ3) is 8.73. The zero-order valence-electron chi connectivity index (χ0n) is 16.4. The largest absolute Gasteiger partial charge is 0.240 e. The van der Waals surface area contributed by atoms with Crippen molar-refractivity contribution in [2.24, 2.45) is 9.98 Å². The van der Waals surface area contributed by atoms with Gasteiger partial charge in [0, 0.05) is 0 Å². The number of carbonyl (C=O) groups excluding carboxylic acids is 2. The van der Waals surface area contributed by atoms with Crippen LogP contribution in [0.5, 0.6) is 0 Å². The maximum absolute atomic E-state index is 10.2. The van der Waals surface area contributed by atoms with E-state index in [0.29, 0.717) is 11.4 Å². The summed E-state index contributed by atoms with van der Waals surface area (Å²) in [5.41, 5.74) is 3.94. The highest BCUT2D eigenvalue weighted by Crippen LogP contribution is 2.17. The van der Waals surface area contributed by atoms with Crippen LogP contribution >= 0.6 is 0 Å². The van der Waals surface area contributed by atoms with Crippen LogP contribution in [-0.2, 0) is 22.4 Å². The Morgan fingerprint density at radius 1 is 0.500 bits per heavy atom. The third-order valence-electron chi connectivity index (χ3n) is 4.90. The summed E-state index contributed by atoms with van der Waals surface area (Å²) in [4.78, 5) is 27.6. The number of hydrogen-bond donors (Lipinski definition) is 0. The van der Waals surface area contributed by atoms with Crippen molar-refractivity contribution < 1.29 is 9.59 Å². The Kier molecular flexibility index (Phi) is 10.3. The van der Waals surface area contributed by atoms with Crippen molar-refractivity contribution in [1.29, 1.82) is 0 Å². The van der Waals surface area contributed by atoms with Gasteiger partial charge in [0.05, 0.1) is 11.4 Å². The van der Waals surface area contributed by atoms with E-state index < -0.39 is 0 Å². The fraction of sp³-hybridized carbons (Fsp3) is 0.417. The van der Waals surface area contributed by atoms with Crippen LogP contribution < -0.4 is 0 Å². The van der Waals surface area contributed by atoms with Gasteiger partial charge in [-0.1, -0.05) is 62.8 Å². The molecular weight excluding hydrogens is 348 g/mol. The predicted molar refractivity (Wildman–Crippen MR) is 113 cm³/mol. The Morgan fingerprint density at radius 2 is 0.821 bits per heavy atom. The Morgan fingerprint density at radius 3 is 1.14 bits per heavy atom. The van der Waals surface area contributed by atoms with Gasteiger partial charge in [-0.25, -0.2) is 9.59 Å². The number of isocyanates is 2. The van der Waals surface area contributed by atoms with Crippen LogP contribution in [-0.4, -0.2) is 12.2 Å². The highest BCUT2D eigenvalue weighted by molar-refractivity contribution is 5.49. The van der Waals surface area contributed by atoms with Gasteiger partial charge < -0.3 is 0 Å². The molecular formula is C24H28N2O2. The number of nitrogens with zero attached hydrogens (tertiary/aromatic N) is 2. The summed E-state index contributed by atoms with van der Waals surface area (Å²) >= 11 is 0. The molecule has 0 bridgehead atoms. The van der Waals surface area contributed by atoms with E-state index in [4.69, 9.17) is 0 Å². The van der Waals surface area contributed by atoms with E-state index >= 15 is 0 Å². The van der Waals surface area contributed by atoms with Crippen molar-refractivity contribution in [3.8, 4) is 0 Å². The second-order valence-corrected chi connectivity index (χ2v) is 7.07. The first kappa shape index (κ1) is 21.5. The number of aryl methyl sites for hydroxylation is 2. The molecule has 0 heterocycles. The van der Waals surface area contributed by atoms with E-state index in [1.54, 1.807) is 12.2 Å². The van der Waals surface area contributed by atoms with Crippen molar-refractivity contribution in [1.82, 2.24) is 0 Å². The molecule has 28 heavy (non-hydrogen) atoms. The lowest BCUT2D eigenvalue weighted by molar-refractivity contribution is 0.564. The van der Waals surface area contributed by atoms with E-state index in [2.05, 4.69) is 9.98 Å². The van der Waals surface area contributed by atoms with Crippen LogP contribution in [0.1, 0.15) is 62.5 Å². The number of hydrogen-bond acceptors (Lipinski definition) is 4. The predicted octanol–water partition coefficient (Wildman–Crippen LogP) is 6.53. The molecule has 2 aromatic carbocycles. The molecule has 146 valence electrons. The first-order chi connectivity index (χ1) is 13.8. The summed E-state index contributed by atoms with van der Waals surface area (Å²) in [5, 5.41) is 0. The summed E-state index contributed by atoms with van der Waals surface area (Å²) in [7, 11) is 0. The summed E-state index contributed by atoms with van der Waals surface area (Å²) in [6.07, 6.45) is 15.5. The van der Waals surface area contributed by atoms with Crippen LogP contribution in [0.3, 0.4) is 0 Å². The van der Waals surface area contributed by atoms with Crippen LogP contribution in [0.4, 0.5) is 11.4 Å². The maximum Gasteiger partial charge on any atom is 0.240 e. The quantitative estimate of drug-likeness (QED) is 0.227. The van der Waals surface area contributed by atoms with E-state index in [-0.39, 0.29) is 0 Å². The third-order valence-corrected chi connectivity index (χ3v) is 4.90. The molecule has 0 unspecified atom stereocenters. The minimum Gasteiger partial charge on any atom is -0.211 e. The first-order valence-corrected chi connectivity index (χ1v) is 10.2. The maximum atomic E-state index is 10.2. The van der Waals surface area contributed by atoms with Gasteiger partial charge >= 0.3 is 0 Å². The zero-order valence-corrected chi connectivity index (χ0v) is 16.4. The summed E-state index contributed by atoms with van der Waals surface area (Å²) < 4.78 is 0. The molecule has 0 saturated heterocycles. The highest BCUT2D eigenvalue weighted by atomic mass is 16.1. The van der Waals surface area contributed by atoms with Crippen molar-refractivity contribution in [2.45, 2.75) is 64.2 Å². The molecule has 0 aromatic heterocycles. The topological polar surface area (TPSA) is 58.9 Å². The van der Waals surface area contributed by atoms with Crippen LogP contribution in [0.15, 0.2) is 58.5 Å². The number of benzene rings is 2. The fourth-order valence-electron chi connectivity index (χ4n) is 3.30. The molecule has 0 atom stereocenters. The van der Waals surface area contributed by atoms with Gasteiger partial charge in [0.1, 0.15) is 0 Å². The van der Waals surface area contributed by atoms with E-state index in [0.717, 1.165) is 12.8 Å². The van der Waals surface area contributed by atoms with Crippen LogP contribution in [0, 0.1) is 0 Å². The number of rotatable bonds is 13. The van der Waals surface area contributed by atoms with Crippen LogP contribution in [0.2, 0.25) is 0 Å². The standard InChI is InChI=1S/C24H28N2O2/c27-19-25-23-15-11-21(12-16-23)9-7-5-3-1-2-4-6-8-10-22-13-17-24(18-14-22)26-20-28/h11-18H,1-10H2. The fourth-order valence-corrected chi connectivity index (χ4v) is 3.30. The molecule has 0 saturated carbocycles. The molecule has 0 aliphatic carbocycles. The molecule has 0 aliphatic heterocycles. The minimum atomic E-state index is 0.669. The van der Waals surface area contributed by atoms with Gasteiger partial charge in [-0.2, -0.15) is 9.98 Å². The molecule has 4 heteroatoms. The summed E-state index contributed by atoms with van der Waals surface area (Å²) in [6, 6.07) is 15.6. The van der Waals surface area contributed by atoms with Gasteiger partial charge in [0.15, 0.2) is 0 Å². The monoisotopic (exact) mass is 376 g/mol. The van der Waals surface area contributed by atoms with E-state index in [1.165, 1.54) is 62.5 Å². The van der Waals surface area contributed by atoms with Gasteiger partial charge in [-0.05, 0) is 61.1 Å². The smallest absolute Gasteiger partial charge is 0.211 e. The lowest BCUT2D eigenvalue weighted by Gasteiger charge is -2.04. The Bertz CT molecular complexity index is 715. The summed E-state index contributed by atoms with van der Waals surface area (Å²) in [5.74, 6) is 0. The Balaban J connectivity index is 1.45. The molecule has 0 aliphatic rings. The lowest BCUT2D eigenvalue weighted by atomic mass is 10.0. The molecule has 0 N–H and O–H groups in total. The normalized spacial score (nSPS) is 10.1. The van der Waals surface area contributed by atoms with E-state index in [1.807, 2.05) is 48.5 Å². The van der Waals surface area contributed by atoms with Gasteiger partial charge in [-0.15, -0.1) is 0 Å². The number of unbranched alkanes of at least 4 members (excludes halogenated alkanes) is 7. The molecule has 2 aromatic rings. The van der Waals surface area contributed by atoms with Crippen molar-refractivity contribution in [2.75, 3.05) is 0 Å². The molecule has 2 rings (SSSR count). The second-order valence-electron chi connectivity index (χ2n) is 7.07. The van der Waals surface area contributed by atoms with Crippen LogP contribution in [0.25, 0.3) is 0 Å². The average molecular weight is 376 g/mol. The second kappa shape index (κ2) is 13.4. The van der Waals surface area contributed by atoms with E-state index in [9.17, 15) is 9.59 Å². The number of aliphatic imine (C=N–C) groups is 2. The van der Waals surface area contributed by atoms with Crippen molar-refractivity contribution in [3.63, 3.8) is 0 Å². The SMILES string of the molecule is O=C=Nc1ccc(CCCCCCCCCCc2ccc(N=C=O)cc2)cc1. The molecule has 0 spiro atoms. The Labute approximate surface area is 167 Å². The molecule has 0 fully saturated rings. The zero-order chi connectivity index (χ0) is 19.9. The van der Waals surface area contributed by atoms with Gasteiger partial charge in [0.2, 0.25) is 12.2 Å². The van der Waals surface area contributed by atoms with Gasteiger partial charge in [0.25, 0.3) is 0 Å². The first-order valence-electron chi connectivity index (χ1n) is 10.2. The average Bonchev–Trinajstić information content (AvgIpc) is 2.72. The molecule has 4 nitrogen and oxygen atoms in total. The lowest BCUT2D eigenvalue weighted by Crippen LogP contribution is -1.87. The minimum absolute atomic E-state index is 0.669. The highest BCUT2D eigenvalue weighted by Gasteiger charge is 1.97. The molecule has 0 radical (unpaired) electrons. The van der Waals surface area contributed by atoms with Crippen molar-refractivity contribution >= 4 is 23.5 Å². The van der Waals surface area contributed by atoms with Crippen molar-refractivity contribution in [3.05, 3.63) is 59.7 Å².